The average Bonchev–Trinajstić information content (AvgIpc) is 2.87. The van der Waals surface area contributed by atoms with Gasteiger partial charge >= 0.3 is 0 Å². The normalized spacial score (nSPS) is 13.7. The minimum atomic E-state index is -0.353. The van der Waals surface area contributed by atoms with E-state index in [0.29, 0.717) is 37.6 Å². The van der Waals surface area contributed by atoms with E-state index in [1.165, 1.54) is 0 Å². The Labute approximate surface area is 194 Å². The molecule has 1 N–H and O–H groups in total. The summed E-state index contributed by atoms with van der Waals surface area (Å²) in [6, 6.07) is 25.0. The molecule has 2 amide bonds. The molecule has 6 nitrogen and oxygen atoms in total. The Morgan fingerprint density at radius 2 is 1.52 bits per heavy atom. The SMILES string of the molecule is Cc1c(NC(=O)COC(c2ccccc2)c2ccccc2)cccc1C(=O)N1CCOCC1. The Bertz CT molecular complexity index is 1040. The molecule has 1 fully saturated rings. The summed E-state index contributed by atoms with van der Waals surface area (Å²) in [5, 5.41) is 2.91. The highest BCUT2D eigenvalue weighted by Crippen LogP contribution is 2.26. The molecule has 1 heterocycles. The van der Waals surface area contributed by atoms with Gasteiger partial charge in [0.1, 0.15) is 12.7 Å². The molecule has 3 aromatic carbocycles. The van der Waals surface area contributed by atoms with Crippen LogP contribution in [0.5, 0.6) is 0 Å². The lowest BCUT2D eigenvalue weighted by molar-refractivity contribution is -0.121. The third-order valence-corrected chi connectivity index (χ3v) is 5.72. The fourth-order valence-electron chi connectivity index (χ4n) is 3.93. The van der Waals surface area contributed by atoms with Crippen LogP contribution in [-0.2, 0) is 14.3 Å². The van der Waals surface area contributed by atoms with E-state index in [9.17, 15) is 9.59 Å². The lowest BCUT2D eigenvalue weighted by Gasteiger charge is -2.27. The third-order valence-electron chi connectivity index (χ3n) is 5.72. The van der Waals surface area contributed by atoms with Crippen LogP contribution in [0.2, 0.25) is 0 Å². The molecule has 6 heteroatoms. The molecule has 0 spiro atoms. The van der Waals surface area contributed by atoms with Gasteiger partial charge in [0.05, 0.1) is 13.2 Å². The molecule has 3 aromatic rings. The summed E-state index contributed by atoms with van der Waals surface area (Å²) in [6.45, 7) is 3.97. The molecule has 0 radical (unpaired) electrons. The van der Waals surface area contributed by atoms with E-state index in [2.05, 4.69) is 5.32 Å². The summed E-state index contributed by atoms with van der Waals surface area (Å²) >= 11 is 0. The predicted molar refractivity (Wildman–Crippen MR) is 127 cm³/mol. The highest BCUT2D eigenvalue weighted by Gasteiger charge is 2.22. The molecular weight excluding hydrogens is 416 g/mol. The topological polar surface area (TPSA) is 67.9 Å². The number of carbonyl (C=O) groups is 2. The standard InChI is InChI=1S/C27H28N2O4/c1-20-23(27(31)29-15-17-32-18-16-29)13-8-14-24(20)28-25(30)19-33-26(21-9-4-2-5-10-21)22-11-6-3-7-12-22/h2-14,26H,15-19H2,1H3,(H,28,30). The molecule has 1 saturated heterocycles. The zero-order chi connectivity index (χ0) is 23.0. The maximum Gasteiger partial charge on any atom is 0.254 e. The smallest absolute Gasteiger partial charge is 0.254 e. The van der Waals surface area contributed by atoms with Gasteiger partial charge in [-0.1, -0.05) is 66.7 Å². The first-order valence-electron chi connectivity index (χ1n) is 11.1. The average molecular weight is 445 g/mol. The second-order valence-electron chi connectivity index (χ2n) is 7.94. The molecular formula is C27H28N2O4. The van der Waals surface area contributed by atoms with Crippen LogP contribution < -0.4 is 5.32 Å². The van der Waals surface area contributed by atoms with Gasteiger partial charge in [0, 0.05) is 24.3 Å². The number of amides is 2. The first-order valence-corrected chi connectivity index (χ1v) is 11.1. The Morgan fingerprint density at radius 1 is 0.909 bits per heavy atom. The third kappa shape index (κ3) is 5.66. The van der Waals surface area contributed by atoms with Gasteiger partial charge in [0.15, 0.2) is 0 Å². The number of rotatable bonds is 7. The molecule has 0 unspecified atom stereocenters. The van der Waals surface area contributed by atoms with E-state index < -0.39 is 0 Å². The number of hydrogen-bond acceptors (Lipinski definition) is 4. The molecule has 0 aliphatic carbocycles. The van der Waals surface area contributed by atoms with E-state index in [0.717, 1.165) is 16.7 Å². The highest BCUT2D eigenvalue weighted by atomic mass is 16.5. The molecule has 0 aromatic heterocycles. The van der Waals surface area contributed by atoms with Gasteiger partial charge in [-0.25, -0.2) is 0 Å². The number of nitrogens with zero attached hydrogens (tertiary/aromatic N) is 1. The van der Waals surface area contributed by atoms with Crippen LogP contribution in [0.4, 0.5) is 5.69 Å². The van der Waals surface area contributed by atoms with Crippen molar-refractivity contribution in [2.45, 2.75) is 13.0 Å². The Balaban J connectivity index is 1.44. The number of nitrogens with one attached hydrogen (secondary N) is 1. The molecule has 0 bridgehead atoms. The zero-order valence-corrected chi connectivity index (χ0v) is 18.7. The van der Waals surface area contributed by atoms with Crippen molar-refractivity contribution in [1.29, 1.82) is 0 Å². The van der Waals surface area contributed by atoms with Crippen molar-refractivity contribution in [3.63, 3.8) is 0 Å². The van der Waals surface area contributed by atoms with Crippen LogP contribution in [0, 0.1) is 6.92 Å². The van der Waals surface area contributed by atoms with Gasteiger partial charge in [-0.2, -0.15) is 0 Å². The lowest BCUT2D eigenvalue weighted by Crippen LogP contribution is -2.41. The largest absolute Gasteiger partial charge is 0.378 e. The molecule has 170 valence electrons. The Morgan fingerprint density at radius 3 is 2.12 bits per heavy atom. The van der Waals surface area contributed by atoms with E-state index in [1.807, 2.05) is 67.6 Å². The number of carbonyl (C=O) groups excluding carboxylic acids is 2. The van der Waals surface area contributed by atoms with Crippen molar-refractivity contribution >= 4 is 17.5 Å². The van der Waals surface area contributed by atoms with E-state index in [-0.39, 0.29) is 24.5 Å². The van der Waals surface area contributed by atoms with Crippen LogP contribution >= 0.6 is 0 Å². The van der Waals surface area contributed by atoms with Gasteiger partial charge < -0.3 is 19.7 Å². The second kappa shape index (κ2) is 10.9. The van der Waals surface area contributed by atoms with Gasteiger partial charge in [-0.15, -0.1) is 0 Å². The minimum absolute atomic E-state index is 0.0450. The number of anilines is 1. The number of hydrogen-bond donors (Lipinski definition) is 1. The monoisotopic (exact) mass is 444 g/mol. The summed E-state index contributed by atoms with van der Waals surface area (Å²) < 4.78 is 11.4. The summed E-state index contributed by atoms with van der Waals surface area (Å²) in [5.74, 6) is -0.317. The van der Waals surface area contributed by atoms with Crippen molar-refractivity contribution in [3.8, 4) is 0 Å². The van der Waals surface area contributed by atoms with Crippen molar-refractivity contribution in [2.75, 3.05) is 38.2 Å². The molecule has 1 aliphatic rings. The van der Waals surface area contributed by atoms with E-state index in [1.54, 1.807) is 23.1 Å². The van der Waals surface area contributed by atoms with Crippen LogP contribution in [0.1, 0.15) is 33.2 Å². The van der Waals surface area contributed by atoms with Gasteiger partial charge in [0.2, 0.25) is 5.91 Å². The summed E-state index contributed by atoms with van der Waals surface area (Å²) in [4.78, 5) is 27.5. The maximum atomic E-state index is 12.9. The van der Waals surface area contributed by atoms with Crippen molar-refractivity contribution < 1.29 is 19.1 Å². The fraction of sp³-hybridized carbons (Fsp3) is 0.259. The van der Waals surface area contributed by atoms with Crippen LogP contribution in [0.3, 0.4) is 0 Å². The van der Waals surface area contributed by atoms with Gasteiger partial charge in [-0.3, -0.25) is 9.59 Å². The lowest BCUT2D eigenvalue weighted by atomic mass is 10.0. The highest BCUT2D eigenvalue weighted by molar-refractivity contribution is 5.99. The van der Waals surface area contributed by atoms with E-state index in [4.69, 9.17) is 9.47 Å². The second-order valence-corrected chi connectivity index (χ2v) is 7.94. The van der Waals surface area contributed by atoms with Crippen molar-refractivity contribution in [2.24, 2.45) is 0 Å². The summed E-state index contributed by atoms with van der Waals surface area (Å²) in [5.41, 5.74) is 3.89. The first kappa shape index (κ1) is 22.7. The quantitative estimate of drug-likeness (QED) is 0.593. The molecule has 33 heavy (non-hydrogen) atoms. The first-order chi connectivity index (χ1) is 16.1. The zero-order valence-electron chi connectivity index (χ0n) is 18.7. The fourth-order valence-corrected chi connectivity index (χ4v) is 3.93. The molecule has 1 aliphatic heterocycles. The van der Waals surface area contributed by atoms with Crippen molar-refractivity contribution in [3.05, 3.63) is 101 Å². The minimum Gasteiger partial charge on any atom is -0.378 e. The molecule has 0 atom stereocenters. The maximum absolute atomic E-state index is 12.9. The van der Waals surface area contributed by atoms with E-state index >= 15 is 0 Å². The van der Waals surface area contributed by atoms with Gasteiger partial charge in [0.25, 0.3) is 5.91 Å². The van der Waals surface area contributed by atoms with Crippen LogP contribution in [0.15, 0.2) is 78.9 Å². The Kier molecular flexibility index (Phi) is 7.50. The number of benzene rings is 3. The number of ether oxygens (including phenoxy) is 2. The summed E-state index contributed by atoms with van der Waals surface area (Å²) in [7, 11) is 0. The van der Waals surface area contributed by atoms with Crippen LogP contribution in [-0.4, -0.2) is 49.6 Å². The number of morpholine rings is 1. The molecule has 4 rings (SSSR count). The van der Waals surface area contributed by atoms with Gasteiger partial charge in [-0.05, 0) is 35.7 Å². The van der Waals surface area contributed by atoms with Crippen LogP contribution in [0.25, 0.3) is 0 Å². The predicted octanol–water partition coefficient (Wildman–Crippen LogP) is 4.21. The Hall–Kier alpha value is -3.48. The summed E-state index contributed by atoms with van der Waals surface area (Å²) in [6.07, 6.45) is -0.353. The molecule has 0 saturated carbocycles. The van der Waals surface area contributed by atoms with Crippen molar-refractivity contribution in [1.82, 2.24) is 4.90 Å².